The van der Waals surface area contributed by atoms with Crippen molar-refractivity contribution in [2.24, 2.45) is 0 Å². The summed E-state index contributed by atoms with van der Waals surface area (Å²) in [4.78, 5) is 18.3. The molecule has 8 nitrogen and oxygen atoms in total. The lowest BCUT2D eigenvalue weighted by molar-refractivity contribution is 0.0724. The second kappa shape index (κ2) is 7.96. The maximum Gasteiger partial charge on any atom is 0.253 e. The van der Waals surface area contributed by atoms with Crippen LogP contribution in [0, 0.1) is 0 Å². The molecule has 1 atom stereocenters. The van der Waals surface area contributed by atoms with Gasteiger partial charge in [0, 0.05) is 24.7 Å². The summed E-state index contributed by atoms with van der Waals surface area (Å²) in [5, 5.41) is 3.97. The Kier molecular flexibility index (Phi) is 5.67. The number of benzene rings is 1. The third-order valence-corrected chi connectivity index (χ3v) is 5.91. The second-order valence-corrected chi connectivity index (χ2v) is 8.23. The molecule has 0 radical (unpaired) electrons. The third-order valence-electron chi connectivity index (χ3n) is 4.32. The molecule has 2 aromatic rings. The molecule has 3 rings (SSSR count). The van der Waals surface area contributed by atoms with E-state index in [0.29, 0.717) is 12.1 Å². The molecule has 0 aliphatic carbocycles. The van der Waals surface area contributed by atoms with Crippen molar-refractivity contribution in [3.05, 3.63) is 42.5 Å². The normalized spacial score (nSPS) is 16.4. The average molecular weight is 377 g/mol. The molecule has 1 aromatic heterocycles. The van der Waals surface area contributed by atoms with Crippen LogP contribution in [-0.4, -0.2) is 53.1 Å². The van der Waals surface area contributed by atoms with Crippen molar-refractivity contribution < 1.29 is 13.2 Å². The van der Waals surface area contributed by atoms with Crippen LogP contribution in [0.1, 0.15) is 36.5 Å². The number of carbonyl (C=O) groups excluding carboxylic acids is 1. The highest BCUT2D eigenvalue weighted by Gasteiger charge is 2.22. The van der Waals surface area contributed by atoms with Crippen LogP contribution in [-0.2, 0) is 16.6 Å². The summed E-state index contributed by atoms with van der Waals surface area (Å²) in [5.74, 6) is -0.114. The van der Waals surface area contributed by atoms with Crippen molar-refractivity contribution >= 4 is 15.9 Å². The average Bonchev–Trinajstić information content (AvgIpc) is 3.14. The van der Waals surface area contributed by atoms with E-state index in [2.05, 4.69) is 14.8 Å². The summed E-state index contributed by atoms with van der Waals surface area (Å²) in [7, 11) is -3.73. The zero-order chi connectivity index (χ0) is 18.6. The molecule has 140 valence electrons. The Morgan fingerprint density at radius 1 is 1.27 bits per heavy atom. The molecule has 1 aliphatic rings. The number of hydrogen-bond donors (Lipinski definition) is 1. The predicted octanol–water partition coefficient (Wildman–Crippen LogP) is 1.27. The minimum absolute atomic E-state index is 0.0887. The molecule has 1 N–H and O–H groups in total. The van der Waals surface area contributed by atoms with E-state index in [1.807, 2.05) is 0 Å². The number of hydrogen-bond acceptors (Lipinski definition) is 5. The van der Waals surface area contributed by atoms with Crippen LogP contribution >= 0.6 is 0 Å². The van der Waals surface area contributed by atoms with E-state index in [1.54, 1.807) is 28.6 Å². The van der Waals surface area contributed by atoms with Crippen LogP contribution in [0.4, 0.5) is 0 Å². The van der Waals surface area contributed by atoms with Gasteiger partial charge < -0.3 is 4.90 Å². The Balaban J connectivity index is 1.72. The fourth-order valence-corrected chi connectivity index (χ4v) is 4.33. The molecule has 0 unspecified atom stereocenters. The molecule has 1 aromatic carbocycles. The topological polar surface area (TPSA) is 97.2 Å². The molecule has 1 fully saturated rings. The molecular formula is C17H23N5O3S. The van der Waals surface area contributed by atoms with E-state index >= 15 is 0 Å². The van der Waals surface area contributed by atoms with E-state index in [0.717, 1.165) is 32.4 Å². The number of piperidine rings is 1. The van der Waals surface area contributed by atoms with Gasteiger partial charge in [-0.25, -0.2) is 18.1 Å². The molecule has 0 spiro atoms. The largest absolute Gasteiger partial charge is 0.339 e. The van der Waals surface area contributed by atoms with Crippen molar-refractivity contribution in [3.63, 3.8) is 0 Å². The van der Waals surface area contributed by atoms with Gasteiger partial charge in [0.2, 0.25) is 10.0 Å². The summed E-state index contributed by atoms with van der Waals surface area (Å²) in [6, 6.07) is 5.84. The van der Waals surface area contributed by atoms with Crippen molar-refractivity contribution in [2.75, 3.05) is 13.1 Å². The summed E-state index contributed by atoms with van der Waals surface area (Å²) < 4.78 is 29.5. The molecule has 0 bridgehead atoms. The fourth-order valence-electron chi connectivity index (χ4n) is 3.05. The Morgan fingerprint density at radius 3 is 2.73 bits per heavy atom. The third kappa shape index (κ3) is 4.47. The summed E-state index contributed by atoms with van der Waals surface area (Å²) in [6.07, 6.45) is 6.04. The molecule has 1 amide bonds. The molecule has 26 heavy (non-hydrogen) atoms. The summed E-state index contributed by atoms with van der Waals surface area (Å²) in [6.45, 7) is 3.57. The number of sulfonamides is 1. The highest BCUT2D eigenvalue weighted by Crippen LogP contribution is 2.17. The minimum atomic E-state index is -3.73. The lowest BCUT2D eigenvalue weighted by Crippen LogP contribution is -2.37. The number of carbonyl (C=O) groups is 1. The van der Waals surface area contributed by atoms with Gasteiger partial charge in [0.05, 0.1) is 11.4 Å². The van der Waals surface area contributed by atoms with Crippen molar-refractivity contribution in [1.82, 2.24) is 24.4 Å². The van der Waals surface area contributed by atoms with E-state index in [9.17, 15) is 13.2 Å². The van der Waals surface area contributed by atoms with Gasteiger partial charge in [0.25, 0.3) is 5.91 Å². The quantitative estimate of drug-likeness (QED) is 0.818. The SMILES string of the molecule is C[C@H](Cn1cncn1)NS(=O)(=O)c1cccc(C(=O)N2CCCCC2)c1. The van der Waals surface area contributed by atoms with Gasteiger partial charge in [-0.2, -0.15) is 5.10 Å². The number of nitrogens with one attached hydrogen (secondary N) is 1. The predicted molar refractivity (Wildman–Crippen MR) is 96.0 cm³/mol. The van der Waals surface area contributed by atoms with Gasteiger partial charge in [-0.05, 0) is 44.4 Å². The van der Waals surface area contributed by atoms with E-state index < -0.39 is 10.0 Å². The first-order valence-corrected chi connectivity index (χ1v) is 10.2. The Morgan fingerprint density at radius 2 is 2.04 bits per heavy atom. The van der Waals surface area contributed by atoms with E-state index in [1.165, 1.54) is 24.8 Å². The number of rotatable bonds is 6. The molecule has 1 saturated heterocycles. The standard InChI is InChI=1S/C17H23N5O3S/c1-14(11-22-13-18-12-19-22)20-26(24,25)16-7-5-6-15(10-16)17(23)21-8-3-2-4-9-21/h5-7,10,12-14,20H,2-4,8-9,11H2,1H3/t14-/m1/s1. The zero-order valence-corrected chi connectivity index (χ0v) is 15.5. The number of nitrogens with zero attached hydrogens (tertiary/aromatic N) is 4. The molecule has 1 aliphatic heterocycles. The number of amides is 1. The summed E-state index contributed by atoms with van der Waals surface area (Å²) in [5.41, 5.74) is 0.402. The zero-order valence-electron chi connectivity index (χ0n) is 14.7. The van der Waals surface area contributed by atoms with Gasteiger partial charge >= 0.3 is 0 Å². The first-order valence-electron chi connectivity index (χ1n) is 8.70. The fraction of sp³-hybridized carbons (Fsp3) is 0.471. The van der Waals surface area contributed by atoms with Crippen molar-refractivity contribution in [1.29, 1.82) is 0 Å². The van der Waals surface area contributed by atoms with Crippen molar-refractivity contribution in [3.8, 4) is 0 Å². The number of aromatic nitrogens is 3. The maximum absolute atomic E-state index is 12.6. The first kappa shape index (κ1) is 18.5. The lowest BCUT2D eigenvalue weighted by atomic mass is 10.1. The van der Waals surface area contributed by atoms with Crippen LogP contribution in [0.25, 0.3) is 0 Å². The lowest BCUT2D eigenvalue weighted by Gasteiger charge is -2.26. The molecule has 9 heteroatoms. The van der Waals surface area contributed by atoms with Crippen LogP contribution in [0.15, 0.2) is 41.8 Å². The van der Waals surface area contributed by atoms with Crippen LogP contribution < -0.4 is 4.72 Å². The highest BCUT2D eigenvalue weighted by atomic mass is 32.2. The van der Waals surface area contributed by atoms with Gasteiger partial charge in [0.15, 0.2) is 0 Å². The van der Waals surface area contributed by atoms with E-state index in [4.69, 9.17) is 0 Å². The monoisotopic (exact) mass is 377 g/mol. The van der Waals surface area contributed by atoms with Gasteiger partial charge in [0.1, 0.15) is 12.7 Å². The molecular weight excluding hydrogens is 354 g/mol. The highest BCUT2D eigenvalue weighted by molar-refractivity contribution is 7.89. The van der Waals surface area contributed by atoms with Gasteiger partial charge in [-0.15, -0.1) is 0 Å². The Hall–Kier alpha value is -2.26. The van der Waals surface area contributed by atoms with Gasteiger partial charge in [-0.1, -0.05) is 6.07 Å². The minimum Gasteiger partial charge on any atom is -0.339 e. The van der Waals surface area contributed by atoms with Crippen LogP contribution in [0.3, 0.4) is 0 Å². The summed E-state index contributed by atoms with van der Waals surface area (Å²) >= 11 is 0. The number of likely N-dealkylation sites (tertiary alicyclic amines) is 1. The first-order chi connectivity index (χ1) is 12.5. The molecule has 0 saturated carbocycles. The van der Waals surface area contributed by atoms with Crippen molar-refractivity contribution in [2.45, 2.75) is 43.7 Å². The smallest absolute Gasteiger partial charge is 0.253 e. The van der Waals surface area contributed by atoms with Crippen LogP contribution in [0.5, 0.6) is 0 Å². The second-order valence-electron chi connectivity index (χ2n) is 6.52. The Bertz CT molecular complexity index is 845. The van der Waals surface area contributed by atoms with E-state index in [-0.39, 0.29) is 16.8 Å². The Labute approximate surface area is 153 Å². The molecule has 2 heterocycles. The van der Waals surface area contributed by atoms with Gasteiger partial charge in [-0.3, -0.25) is 9.48 Å². The van der Waals surface area contributed by atoms with Crippen LogP contribution in [0.2, 0.25) is 0 Å². The maximum atomic E-state index is 12.6.